The van der Waals surface area contributed by atoms with Crippen LogP contribution in [0.4, 0.5) is 8.78 Å². The van der Waals surface area contributed by atoms with Gasteiger partial charge in [0.1, 0.15) is 11.6 Å². The summed E-state index contributed by atoms with van der Waals surface area (Å²) < 4.78 is 28.0. The van der Waals surface area contributed by atoms with Crippen LogP contribution in [-0.2, 0) is 6.42 Å². The van der Waals surface area contributed by atoms with E-state index in [0.29, 0.717) is 4.47 Å². The van der Waals surface area contributed by atoms with E-state index in [9.17, 15) is 8.78 Å². The molecule has 0 radical (unpaired) electrons. The summed E-state index contributed by atoms with van der Waals surface area (Å²) in [5, 5.41) is 0. The van der Waals surface area contributed by atoms with Crippen LogP contribution in [0.1, 0.15) is 44.1 Å². The van der Waals surface area contributed by atoms with Crippen molar-refractivity contribution in [3.63, 3.8) is 0 Å². The van der Waals surface area contributed by atoms with Crippen LogP contribution in [0, 0.1) is 17.6 Å². The van der Waals surface area contributed by atoms with Crippen LogP contribution in [-0.4, -0.2) is 6.04 Å². The number of hydrogen-bond acceptors (Lipinski definition) is 2. The molecule has 5 heteroatoms. The minimum Gasteiger partial charge on any atom is -0.271 e. The van der Waals surface area contributed by atoms with Gasteiger partial charge in [0.25, 0.3) is 0 Å². The van der Waals surface area contributed by atoms with Gasteiger partial charge in [0.05, 0.1) is 4.47 Å². The molecular weight excluding hydrogens is 326 g/mol. The van der Waals surface area contributed by atoms with E-state index in [1.807, 2.05) is 0 Å². The number of hydrogen-bond donors (Lipinski definition) is 2. The lowest BCUT2D eigenvalue weighted by molar-refractivity contribution is 0.399. The van der Waals surface area contributed by atoms with Crippen molar-refractivity contribution in [3.05, 3.63) is 33.8 Å². The predicted octanol–water partition coefficient (Wildman–Crippen LogP) is 4.07. The third kappa shape index (κ3) is 3.99. The summed E-state index contributed by atoms with van der Waals surface area (Å²) in [5.74, 6) is 5.26. The van der Waals surface area contributed by atoms with E-state index in [2.05, 4.69) is 21.4 Å². The second-order valence-corrected chi connectivity index (χ2v) is 6.47. The molecule has 2 rings (SSSR count). The average Bonchev–Trinajstić information content (AvgIpc) is 2.96. The third-order valence-corrected chi connectivity index (χ3v) is 4.84. The number of hydrazine groups is 1. The fraction of sp³-hybridized carbons (Fsp3) is 0.600. The molecule has 0 amide bonds. The van der Waals surface area contributed by atoms with Crippen LogP contribution in [0.3, 0.4) is 0 Å². The summed E-state index contributed by atoms with van der Waals surface area (Å²) in [6, 6.07) is 2.58. The molecule has 1 fully saturated rings. The molecule has 1 aromatic carbocycles. The molecule has 20 heavy (non-hydrogen) atoms. The Balaban J connectivity index is 1.97. The summed E-state index contributed by atoms with van der Waals surface area (Å²) >= 11 is 3.09. The van der Waals surface area contributed by atoms with Gasteiger partial charge in [-0.2, -0.15) is 0 Å². The lowest BCUT2D eigenvalue weighted by Crippen LogP contribution is -2.37. The number of nitrogens with two attached hydrogens (primary N) is 1. The van der Waals surface area contributed by atoms with E-state index in [0.717, 1.165) is 18.8 Å². The summed E-state index contributed by atoms with van der Waals surface area (Å²) in [5.41, 5.74) is 2.81. The monoisotopic (exact) mass is 346 g/mol. The van der Waals surface area contributed by atoms with Crippen molar-refractivity contribution in [2.75, 3.05) is 0 Å². The molecule has 1 aliphatic rings. The first-order valence-corrected chi connectivity index (χ1v) is 7.99. The Bertz CT molecular complexity index is 448. The molecule has 0 bridgehead atoms. The Morgan fingerprint density at radius 1 is 1.30 bits per heavy atom. The largest absolute Gasteiger partial charge is 0.271 e. The van der Waals surface area contributed by atoms with Crippen molar-refractivity contribution >= 4 is 15.9 Å². The molecule has 112 valence electrons. The number of benzene rings is 1. The maximum Gasteiger partial charge on any atom is 0.143 e. The standard InChI is InChI=1S/C15H21BrF2N2/c16-13-7-8-14(17)12(15(13)18)9-11(20-19)6-5-10-3-1-2-4-10/h7-8,10-11,20H,1-6,9,19H2. The van der Waals surface area contributed by atoms with Gasteiger partial charge < -0.3 is 0 Å². The maximum atomic E-state index is 13.9. The highest BCUT2D eigenvalue weighted by Crippen LogP contribution is 2.30. The summed E-state index contributed by atoms with van der Waals surface area (Å²) in [6.45, 7) is 0. The van der Waals surface area contributed by atoms with Crippen LogP contribution in [0.5, 0.6) is 0 Å². The van der Waals surface area contributed by atoms with Crippen LogP contribution >= 0.6 is 15.9 Å². The highest BCUT2D eigenvalue weighted by molar-refractivity contribution is 9.10. The molecular formula is C15H21BrF2N2. The molecule has 0 saturated heterocycles. The van der Waals surface area contributed by atoms with Crippen molar-refractivity contribution in [1.82, 2.24) is 5.43 Å². The molecule has 1 saturated carbocycles. The lowest BCUT2D eigenvalue weighted by atomic mass is 9.95. The fourth-order valence-electron chi connectivity index (χ4n) is 2.98. The Labute approximate surface area is 127 Å². The maximum absolute atomic E-state index is 13.9. The van der Waals surface area contributed by atoms with E-state index >= 15 is 0 Å². The number of rotatable bonds is 6. The second-order valence-electron chi connectivity index (χ2n) is 5.62. The molecule has 0 spiro atoms. The quantitative estimate of drug-likeness (QED) is 0.462. The van der Waals surface area contributed by atoms with Gasteiger partial charge in [-0.1, -0.05) is 25.7 Å². The zero-order valence-corrected chi connectivity index (χ0v) is 13.1. The molecule has 2 nitrogen and oxygen atoms in total. The highest BCUT2D eigenvalue weighted by Gasteiger charge is 2.20. The first-order valence-electron chi connectivity index (χ1n) is 7.20. The predicted molar refractivity (Wildman–Crippen MR) is 80.1 cm³/mol. The lowest BCUT2D eigenvalue weighted by Gasteiger charge is -2.19. The normalized spacial score (nSPS) is 17.6. The molecule has 0 heterocycles. The zero-order chi connectivity index (χ0) is 14.5. The SMILES string of the molecule is NNC(CCC1CCCC1)Cc1c(F)ccc(Br)c1F. The fourth-order valence-corrected chi connectivity index (χ4v) is 3.35. The van der Waals surface area contributed by atoms with Crippen molar-refractivity contribution in [3.8, 4) is 0 Å². The highest BCUT2D eigenvalue weighted by atomic mass is 79.9. The molecule has 3 N–H and O–H groups in total. The second kappa shape index (κ2) is 7.48. The van der Waals surface area contributed by atoms with E-state index in [1.165, 1.54) is 37.8 Å². The van der Waals surface area contributed by atoms with Gasteiger partial charge in [-0.05, 0) is 53.2 Å². The Morgan fingerprint density at radius 2 is 2.00 bits per heavy atom. The van der Waals surface area contributed by atoms with Crippen molar-refractivity contribution in [2.45, 2.75) is 51.0 Å². The zero-order valence-electron chi connectivity index (χ0n) is 11.5. The van der Waals surface area contributed by atoms with Crippen molar-refractivity contribution in [2.24, 2.45) is 11.8 Å². The molecule has 1 unspecified atom stereocenters. The minimum atomic E-state index is -0.522. The smallest absolute Gasteiger partial charge is 0.143 e. The minimum absolute atomic E-state index is 0.0890. The van der Waals surface area contributed by atoms with E-state index in [1.54, 1.807) is 0 Å². The number of halogens is 3. The average molecular weight is 347 g/mol. The topological polar surface area (TPSA) is 38.0 Å². The Kier molecular flexibility index (Phi) is 5.93. The summed E-state index contributed by atoms with van der Waals surface area (Å²) in [7, 11) is 0. The Hall–Kier alpha value is -0.520. The van der Waals surface area contributed by atoms with Gasteiger partial charge in [0.15, 0.2) is 0 Å². The summed E-state index contributed by atoms with van der Waals surface area (Å²) in [4.78, 5) is 0. The first-order chi connectivity index (χ1) is 9.61. The molecule has 1 aliphatic carbocycles. The van der Waals surface area contributed by atoms with Gasteiger partial charge in [-0.3, -0.25) is 11.3 Å². The van der Waals surface area contributed by atoms with E-state index < -0.39 is 11.6 Å². The van der Waals surface area contributed by atoms with E-state index in [-0.39, 0.29) is 18.0 Å². The van der Waals surface area contributed by atoms with Gasteiger partial charge in [-0.25, -0.2) is 8.78 Å². The van der Waals surface area contributed by atoms with Crippen LogP contribution in [0.25, 0.3) is 0 Å². The first kappa shape index (κ1) is 15.9. The van der Waals surface area contributed by atoms with Crippen LogP contribution in [0.15, 0.2) is 16.6 Å². The van der Waals surface area contributed by atoms with Crippen LogP contribution < -0.4 is 11.3 Å². The molecule has 1 aromatic rings. The van der Waals surface area contributed by atoms with E-state index in [4.69, 9.17) is 5.84 Å². The van der Waals surface area contributed by atoms with Gasteiger partial charge in [-0.15, -0.1) is 0 Å². The third-order valence-electron chi connectivity index (χ3n) is 4.22. The van der Waals surface area contributed by atoms with Crippen LogP contribution in [0.2, 0.25) is 0 Å². The van der Waals surface area contributed by atoms with Gasteiger partial charge >= 0.3 is 0 Å². The van der Waals surface area contributed by atoms with Gasteiger partial charge in [0, 0.05) is 11.6 Å². The Morgan fingerprint density at radius 3 is 2.65 bits per heavy atom. The number of nitrogens with one attached hydrogen (secondary N) is 1. The van der Waals surface area contributed by atoms with Gasteiger partial charge in [0.2, 0.25) is 0 Å². The van der Waals surface area contributed by atoms with Crippen molar-refractivity contribution < 1.29 is 8.78 Å². The molecule has 1 atom stereocenters. The summed E-state index contributed by atoms with van der Waals surface area (Å²) in [6.07, 6.45) is 7.37. The van der Waals surface area contributed by atoms with Crippen molar-refractivity contribution in [1.29, 1.82) is 0 Å². The molecule has 0 aliphatic heterocycles. The molecule has 0 aromatic heterocycles.